The predicted octanol–water partition coefficient (Wildman–Crippen LogP) is 3.05. The number of benzene rings is 2. The van der Waals surface area contributed by atoms with Crippen molar-refractivity contribution in [3.05, 3.63) is 65.7 Å². The largest absolute Gasteiger partial charge is 0.494 e. The summed E-state index contributed by atoms with van der Waals surface area (Å²) in [6.45, 7) is 2.22. The Labute approximate surface area is 129 Å². The summed E-state index contributed by atoms with van der Waals surface area (Å²) >= 11 is 0. The summed E-state index contributed by atoms with van der Waals surface area (Å²) in [5.74, 6) is 0.0649. The summed E-state index contributed by atoms with van der Waals surface area (Å²) in [6.07, 6.45) is 0.164. The van der Waals surface area contributed by atoms with Gasteiger partial charge in [-0.3, -0.25) is 9.59 Å². The lowest BCUT2D eigenvalue weighted by Gasteiger charge is -2.06. The van der Waals surface area contributed by atoms with E-state index in [9.17, 15) is 9.59 Å². The molecule has 0 spiro atoms. The first-order valence-corrected chi connectivity index (χ1v) is 7.14. The normalized spacial score (nSPS) is 10.0. The van der Waals surface area contributed by atoms with Gasteiger partial charge in [-0.15, -0.1) is 0 Å². The SMILES string of the molecule is CCOc1ccc(C(=O)COC(=O)Cc2ccccc2)cc1. The van der Waals surface area contributed by atoms with Crippen molar-refractivity contribution in [2.45, 2.75) is 13.3 Å². The molecule has 2 aromatic rings. The molecular weight excluding hydrogens is 280 g/mol. The van der Waals surface area contributed by atoms with Crippen molar-refractivity contribution in [1.82, 2.24) is 0 Å². The van der Waals surface area contributed by atoms with E-state index >= 15 is 0 Å². The van der Waals surface area contributed by atoms with Gasteiger partial charge in [0.15, 0.2) is 12.4 Å². The van der Waals surface area contributed by atoms with Gasteiger partial charge in [0.2, 0.25) is 0 Å². The Hall–Kier alpha value is -2.62. The van der Waals surface area contributed by atoms with Crippen LogP contribution in [0.3, 0.4) is 0 Å². The average molecular weight is 298 g/mol. The van der Waals surface area contributed by atoms with Gasteiger partial charge in [-0.1, -0.05) is 30.3 Å². The quantitative estimate of drug-likeness (QED) is 0.582. The van der Waals surface area contributed by atoms with E-state index in [0.29, 0.717) is 17.9 Å². The highest BCUT2D eigenvalue weighted by Crippen LogP contribution is 2.12. The fourth-order valence-electron chi connectivity index (χ4n) is 1.95. The van der Waals surface area contributed by atoms with Gasteiger partial charge in [0.25, 0.3) is 0 Å². The molecule has 4 heteroatoms. The smallest absolute Gasteiger partial charge is 0.310 e. The second-order valence-corrected chi connectivity index (χ2v) is 4.70. The number of rotatable bonds is 7. The second kappa shape index (κ2) is 7.98. The first-order chi connectivity index (χ1) is 10.7. The predicted molar refractivity (Wildman–Crippen MR) is 83.0 cm³/mol. The van der Waals surface area contributed by atoms with Gasteiger partial charge >= 0.3 is 5.97 Å². The van der Waals surface area contributed by atoms with E-state index in [0.717, 1.165) is 5.56 Å². The lowest BCUT2D eigenvalue weighted by molar-refractivity contribution is -0.141. The van der Waals surface area contributed by atoms with Crippen LogP contribution in [0.5, 0.6) is 5.75 Å². The Morgan fingerprint density at radius 1 is 0.955 bits per heavy atom. The second-order valence-electron chi connectivity index (χ2n) is 4.70. The Balaban J connectivity index is 1.83. The molecule has 2 rings (SSSR count). The fraction of sp³-hybridized carbons (Fsp3) is 0.222. The molecule has 0 heterocycles. The van der Waals surface area contributed by atoms with Crippen molar-refractivity contribution >= 4 is 11.8 Å². The molecule has 0 aromatic heterocycles. The van der Waals surface area contributed by atoms with Crippen molar-refractivity contribution in [1.29, 1.82) is 0 Å². The number of esters is 1. The summed E-state index contributed by atoms with van der Waals surface area (Å²) in [5, 5.41) is 0. The van der Waals surface area contributed by atoms with E-state index in [1.54, 1.807) is 24.3 Å². The van der Waals surface area contributed by atoms with E-state index in [2.05, 4.69) is 0 Å². The highest BCUT2D eigenvalue weighted by molar-refractivity contribution is 5.98. The molecule has 22 heavy (non-hydrogen) atoms. The van der Waals surface area contributed by atoms with Gasteiger partial charge in [-0.2, -0.15) is 0 Å². The molecular formula is C18H18O4. The summed E-state index contributed by atoms with van der Waals surface area (Å²) in [5.41, 5.74) is 1.36. The number of carbonyl (C=O) groups is 2. The third-order valence-corrected chi connectivity index (χ3v) is 3.04. The van der Waals surface area contributed by atoms with Gasteiger partial charge in [0.05, 0.1) is 13.0 Å². The van der Waals surface area contributed by atoms with Crippen LogP contribution in [0.15, 0.2) is 54.6 Å². The maximum atomic E-state index is 12.0. The van der Waals surface area contributed by atoms with Crippen LogP contribution in [0.2, 0.25) is 0 Å². The van der Waals surface area contributed by atoms with Gasteiger partial charge < -0.3 is 9.47 Å². The molecule has 0 atom stereocenters. The molecule has 0 aliphatic carbocycles. The minimum atomic E-state index is -0.412. The number of hydrogen-bond acceptors (Lipinski definition) is 4. The Morgan fingerprint density at radius 2 is 1.64 bits per heavy atom. The van der Waals surface area contributed by atoms with Gasteiger partial charge in [-0.25, -0.2) is 0 Å². The van der Waals surface area contributed by atoms with Crippen LogP contribution in [-0.2, 0) is 16.0 Å². The number of carbonyl (C=O) groups excluding carboxylic acids is 2. The zero-order valence-electron chi connectivity index (χ0n) is 12.5. The zero-order chi connectivity index (χ0) is 15.8. The standard InChI is InChI=1S/C18H18O4/c1-2-21-16-10-8-15(9-11-16)17(19)13-22-18(20)12-14-6-4-3-5-7-14/h3-11H,2,12-13H2,1H3. The monoisotopic (exact) mass is 298 g/mol. The molecule has 4 nitrogen and oxygen atoms in total. The van der Waals surface area contributed by atoms with Crippen molar-refractivity contribution in [2.24, 2.45) is 0 Å². The molecule has 0 N–H and O–H groups in total. The van der Waals surface area contributed by atoms with Crippen LogP contribution in [0, 0.1) is 0 Å². The summed E-state index contributed by atoms with van der Waals surface area (Å²) < 4.78 is 10.3. The summed E-state index contributed by atoms with van der Waals surface area (Å²) in [6, 6.07) is 16.1. The molecule has 0 aliphatic heterocycles. The molecule has 0 saturated heterocycles. The minimum Gasteiger partial charge on any atom is -0.494 e. The van der Waals surface area contributed by atoms with Crippen LogP contribution in [-0.4, -0.2) is 25.0 Å². The Kier molecular flexibility index (Phi) is 5.72. The maximum absolute atomic E-state index is 12.0. The van der Waals surface area contributed by atoms with Gasteiger partial charge in [0, 0.05) is 5.56 Å². The molecule has 2 aromatic carbocycles. The first-order valence-electron chi connectivity index (χ1n) is 7.14. The summed E-state index contributed by atoms with van der Waals surface area (Å²) in [4.78, 5) is 23.6. The average Bonchev–Trinajstić information content (AvgIpc) is 2.54. The fourth-order valence-corrected chi connectivity index (χ4v) is 1.95. The van der Waals surface area contributed by atoms with Gasteiger partial charge in [-0.05, 0) is 36.8 Å². The van der Waals surface area contributed by atoms with E-state index in [1.807, 2.05) is 37.3 Å². The molecule has 0 fully saturated rings. The topological polar surface area (TPSA) is 52.6 Å². The van der Waals surface area contributed by atoms with Gasteiger partial charge in [0.1, 0.15) is 5.75 Å². The number of ether oxygens (including phenoxy) is 2. The third kappa shape index (κ3) is 4.74. The number of Topliss-reactive ketones (excluding diaryl/α,β-unsaturated/α-hetero) is 1. The molecule has 0 aliphatic rings. The lowest BCUT2D eigenvalue weighted by atomic mass is 10.1. The van der Waals surface area contributed by atoms with Crippen LogP contribution in [0.4, 0.5) is 0 Å². The van der Waals surface area contributed by atoms with Crippen molar-refractivity contribution < 1.29 is 19.1 Å². The maximum Gasteiger partial charge on any atom is 0.310 e. The van der Waals surface area contributed by atoms with E-state index < -0.39 is 5.97 Å². The van der Waals surface area contributed by atoms with E-state index in [4.69, 9.17) is 9.47 Å². The lowest BCUT2D eigenvalue weighted by Crippen LogP contribution is -2.15. The molecule has 0 amide bonds. The number of hydrogen-bond donors (Lipinski definition) is 0. The molecule has 114 valence electrons. The van der Waals surface area contributed by atoms with Crippen molar-refractivity contribution in [3.63, 3.8) is 0 Å². The third-order valence-electron chi connectivity index (χ3n) is 3.04. The molecule has 0 radical (unpaired) electrons. The van der Waals surface area contributed by atoms with Crippen LogP contribution >= 0.6 is 0 Å². The minimum absolute atomic E-state index is 0.164. The van der Waals surface area contributed by atoms with E-state index in [1.165, 1.54) is 0 Å². The first kappa shape index (κ1) is 15.8. The van der Waals surface area contributed by atoms with Crippen molar-refractivity contribution in [3.8, 4) is 5.75 Å². The zero-order valence-corrected chi connectivity index (χ0v) is 12.5. The Morgan fingerprint density at radius 3 is 2.27 bits per heavy atom. The van der Waals surface area contributed by atoms with Crippen LogP contribution in [0.25, 0.3) is 0 Å². The van der Waals surface area contributed by atoms with E-state index in [-0.39, 0.29) is 18.8 Å². The molecule has 0 bridgehead atoms. The summed E-state index contributed by atoms with van der Waals surface area (Å²) in [7, 11) is 0. The van der Waals surface area contributed by atoms with Crippen LogP contribution in [0.1, 0.15) is 22.8 Å². The Bertz CT molecular complexity index is 617. The van der Waals surface area contributed by atoms with Crippen molar-refractivity contribution in [2.75, 3.05) is 13.2 Å². The highest BCUT2D eigenvalue weighted by Gasteiger charge is 2.10. The highest BCUT2D eigenvalue weighted by atomic mass is 16.5. The molecule has 0 unspecified atom stereocenters. The van der Waals surface area contributed by atoms with Crippen LogP contribution < -0.4 is 4.74 Å². The number of ketones is 1. The molecule has 0 saturated carbocycles.